The number of nitrogens with one attached hydrogen (secondary N) is 1. The summed E-state index contributed by atoms with van der Waals surface area (Å²) < 4.78 is 28.4. The van der Waals surface area contributed by atoms with Crippen molar-refractivity contribution in [2.24, 2.45) is 0 Å². The quantitative estimate of drug-likeness (QED) is 0.509. The molecule has 0 spiro atoms. The molecule has 0 saturated carbocycles. The van der Waals surface area contributed by atoms with Gasteiger partial charge in [0.25, 0.3) is 5.56 Å². The van der Waals surface area contributed by atoms with Crippen molar-refractivity contribution in [1.29, 1.82) is 0 Å². The van der Waals surface area contributed by atoms with Gasteiger partial charge in [-0.25, -0.2) is 8.42 Å². The lowest BCUT2D eigenvalue weighted by atomic mass is 10.0. The molecule has 0 radical (unpaired) electrons. The number of rotatable bonds is 8. The van der Waals surface area contributed by atoms with Crippen molar-refractivity contribution < 1.29 is 13.2 Å². The molecule has 0 fully saturated rings. The summed E-state index contributed by atoms with van der Waals surface area (Å²) in [4.78, 5) is 26.5. The number of hydrogen-bond acceptors (Lipinski definition) is 4. The number of hydrogen-bond donors (Lipinski definition) is 1. The first kappa shape index (κ1) is 25.6. The lowest BCUT2D eigenvalue weighted by Crippen LogP contribution is -2.33. The summed E-state index contributed by atoms with van der Waals surface area (Å²) in [5.74, 6) is -0.325. The van der Waals surface area contributed by atoms with E-state index in [1.165, 1.54) is 16.4 Å². The summed E-state index contributed by atoms with van der Waals surface area (Å²) in [7, 11) is -3.58. The fourth-order valence-electron chi connectivity index (χ4n) is 4.47. The first-order valence-corrected chi connectivity index (χ1v) is 13.0. The van der Waals surface area contributed by atoms with Crippen LogP contribution in [0.25, 0.3) is 10.9 Å². The summed E-state index contributed by atoms with van der Waals surface area (Å²) in [5.41, 5.74) is 3.92. The molecule has 7 nitrogen and oxygen atoms in total. The number of anilines is 1. The lowest BCUT2D eigenvalue weighted by molar-refractivity contribution is -0.119. The second-order valence-electron chi connectivity index (χ2n) is 8.54. The van der Waals surface area contributed by atoms with Crippen LogP contribution in [0.3, 0.4) is 0 Å². The van der Waals surface area contributed by atoms with Crippen molar-refractivity contribution >= 4 is 32.5 Å². The van der Waals surface area contributed by atoms with E-state index in [1.807, 2.05) is 39.8 Å². The summed E-state index contributed by atoms with van der Waals surface area (Å²) in [5, 5.41) is 3.81. The minimum atomic E-state index is -3.58. The Hall–Kier alpha value is -2.97. The molecule has 1 aromatic heterocycles. The molecule has 1 atom stereocenters. The maximum atomic E-state index is 13.3. The highest BCUT2D eigenvalue weighted by atomic mass is 32.2. The molecule has 0 aliphatic carbocycles. The molecule has 3 rings (SSSR count). The highest BCUT2D eigenvalue weighted by Crippen LogP contribution is 2.27. The number of carbonyl (C=O) groups excluding carboxylic acids is 1. The SMILES string of the molecule is CCC(C(=O)Nc1ccc(S(=O)(=O)N(CC)CC)cc1)n1c(=O)cc(C)c2cc(C)cc(C)c21. The fourth-order valence-corrected chi connectivity index (χ4v) is 5.92. The van der Waals surface area contributed by atoms with Crippen LogP contribution >= 0.6 is 0 Å². The molecule has 34 heavy (non-hydrogen) atoms. The fraction of sp³-hybridized carbons (Fsp3) is 0.385. The molecule has 0 aliphatic heterocycles. The number of benzene rings is 2. The zero-order chi connectivity index (χ0) is 25.2. The van der Waals surface area contributed by atoms with Crippen molar-refractivity contribution in [3.05, 3.63) is 69.5 Å². The van der Waals surface area contributed by atoms with Gasteiger partial charge in [0.05, 0.1) is 10.4 Å². The molecule has 1 N–H and O–H groups in total. The van der Waals surface area contributed by atoms with Crippen LogP contribution < -0.4 is 10.9 Å². The van der Waals surface area contributed by atoms with Crippen LogP contribution in [-0.4, -0.2) is 36.3 Å². The Balaban J connectivity index is 1.97. The number of aryl methyl sites for hydroxylation is 3. The summed E-state index contributed by atoms with van der Waals surface area (Å²) in [6.45, 7) is 12.1. The van der Waals surface area contributed by atoms with Gasteiger partial charge in [0.1, 0.15) is 6.04 Å². The molecule has 3 aromatic rings. The van der Waals surface area contributed by atoms with Gasteiger partial charge >= 0.3 is 0 Å². The predicted molar refractivity (Wildman–Crippen MR) is 137 cm³/mol. The Morgan fingerprint density at radius 3 is 2.15 bits per heavy atom. The third kappa shape index (κ3) is 4.79. The molecule has 1 heterocycles. The number of aromatic nitrogens is 1. The zero-order valence-electron chi connectivity index (χ0n) is 20.7. The maximum Gasteiger partial charge on any atom is 0.252 e. The van der Waals surface area contributed by atoms with E-state index < -0.39 is 16.1 Å². The molecule has 0 aliphatic rings. The van der Waals surface area contributed by atoms with Gasteiger partial charge in [-0.2, -0.15) is 4.31 Å². The van der Waals surface area contributed by atoms with Gasteiger partial charge in [0, 0.05) is 30.2 Å². The first-order chi connectivity index (χ1) is 16.0. The molecule has 0 bridgehead atoms. The van der Waals surface area contributed by atoms with E-state index in [9.17, 15) is 18.0 Å². The van der Waals surface area contributed by atoms with E-state index in [-0.39, 0.29) is 16.4 Å². The molecule has 182 valence electrons. The zero-order valence-corrected chi connectivity index (χ0v) is 21.5. The van der Waals surface area contributed by atoms with Gasteiger partial charge in [0.2, 0.25) is 15.9 Å². The standard InChI is InChI=1S/C26H33N3O4S/c1-7-23(29-24(30)16-18(5)22-15-17(4)14-19(6)25(22)29)26(31)27-20-10-12-21(13-11-20)34(32,33)28(8-2)9-3/h10-16,23H,7-9H2,1-6H3,(H,27,31). The highest BCUT2D eigenvalue weighted by Gasteiger charge is 2.24. The van der Waals surface area contributed by atoms with Crippen LogP contribution in [0.5, 0.6) is 0 Å². The number of fused-ring (bicyclic) bond motifs is 1. The third-order valence-corrected chi connectivity index (χ3v) is 8.22. The Bertz CT molecular complexity index is 1370. The normalized spacial score (nSPS) is 12.8. The minimum Gasteiger partial charge on any atom is -0.324 e. The molecular formula is C26H33N3O4S. The molecule has 0 saturated heterocycles. The second kappa shape index (κ2) is 10.1. The van der Waals surface area contributed by atoms with E-state index in [1.54, 1.807) is 36.6 Å². The summed E-state index contributed by atoms with van der Waals surface area (Å²) in [6, 6.07) is 11.0. The van der Waals surface area contributed by atoms with Crippen molar-refractivity contribution in [3.8, 4) is 0 Å². The molecule has 1 amide bonds. The van der Waals surface area contributed by atoms with Gasteiger partial charge in [-0.3, -0.25) is 14.2 Å². The number of amides is 1. The summed E-state index contributed by atoms with van der Waals surface area (Å²) >= 11 is 0. The number of carbonyl (C=O) groups is 1. The average molecular weight is 484 g/mol. The minimum absolute atomic E-state index is 0.174. The number of nitrogens with zero attached hydrogens (tertiary/aromatic N) is 2. The van der Waals surface area contributed by atoms with Gasteiger partial charge in [-0.05, 0) is 68.7 Å². The van der Waals surface area contributed by atoms with Crippen molar-refractivity contribution in [2.45, 2.75) is 58.9 Å². The van der Waals surface area contributed by atoms with Crippen LogP contribution in [0.15, 0.2) is 52.2 Å². The average Bonchev–Trinajstić information content (AvgIpc) is 2.77. The van der Waals surface area contributed by atoms with Crippen LogP contribution in [0.4, 0.5) is 5.69 Å². The van der Waals surface area contributed by atoms with Crippen molar-refractivity contribution in [3.63, 3.8) is 0 Å². The summed E-state index contributed by atoms with van der Waals surface area (Å²) in [6.07, 6.45) is 0.422. The third-order valence-electron chi connectivity index (χ3n) is 6.15. The number of pyridine rings is 1. The Morgan fingerprint density at radius 1 is 0.971 bits per heavy atom. The van der Waals surface area contributed by atoms with Gasteiger partial charge in [-0.15, -0.1) is 0 Å². The Morgan fingerprint density at radius 2 is 1.59 bits per heavy atom. The van der Waals surface area contributed by atoms with Gasteiger partial charge in [0.15, 0.2) is 0 Å². The molecule has 2 aromatic carbocycles. The van der Waals surface area contributed by atoms with Crippen molar-refractivity contribution in [2.75, 3.05) is 18.4 Å². The van der Waals surface area contributed by atoms with E-state index in [4.69, 9.17) is 0 Å². The van der Waals surface area contributed by atoms with E-state index in [2.05, 4.69) is 5.32 Å². The smallest absolute Gasteiger partial charge is 0.252 e. The van der Waals surface area contributed by atoms with Crippen LogP contribution in [-0.2, 0) is 14.8 Å². The lowest BCUT2D eigenvalue weighted by Gasteiger charge is -2.22. The second-order valence-corrected chi connectivity index (χ2v) is 10.5. The highest BCUT2D eigenvalue weighted by molar-refractivity contribution is 7.89. The van der Waals surface area contributed by atoms with Gasteiger partial charge in [-0.1, -0.05) is 32.4 Å². The Kier molecular flexibility index (Phi) is 7.63. The molecule has 1 unspecified atom stereocenters. The first-order valence-electron chi connectivity index (χ1n) is 11.6. The van der Waals surface area contributed by atoms with Crippen LogP contribution in [0, 0.1) is 20.8 Å². The predicted octanol–water partition coefficient (Wildman–Crippen LogP) is 4.55. The largest absolute Gasteiger partial charge is 0.324 e. The molecular weight excluding hydrogens is 450 g/mol. The van der Waals surface area contributed by atoms with Crippen molar-refractivity contribution in [1.82, 2.24) is 8.87 Å². The topological polar surface area (TPSA) is 88.5 Å². The molecule has 8 heteroatoms. The maximum absolute atomic E-state index is 13.3. The van der Waals surface area contributed by atoms with E-state index in [0.29, 0.717) is 25.2 Å². The number of sulfonamides is 1. The Labute approximate surface area is 201 Å². The van der Waals surface area contributed by atoms with Gasteiger partial charge < -0.3 is 5.32 Å². The monoisotopic (exact) mass is 483 g/mol. The van der Waals surface area contributed by atoms with E-state index in [0.717, 1.165) is 27.6 Å². The van der Waals surface area contributed by atoms with Crippen LogP contribution in [0.2, 0.25) is 0 Å². The van der Waals surface area contributed by atoms with E-state index >= 15 is 0 Å². The van der Waals surface area contributed by atoms with Crippen LogP contribution in [0.1, 0.15) is 49.9 Å².